The van der Waals surface area contributed by atoms with Crippen molar-refractivity contribution in [1.29, 1.82) is 0 Å². The van der Waals surface area contributed by atoms with Crippen LogP contribution in [0.4, 0.5) is 36.7 Å². The highest BCUT2D eigenvalue weighted by atomic mass is 32.1. The average molecular weight is 577 g/mol. The highest BCUT2D eigenvalue weighted by Crippen LogP contribution is 2.36. The normalized spacial score (nSPS) is 21.6. The number of alkyl halides is 6. The molecule has 212 valence electrons. The summed E-state index contributed by atoms with van der Waals surface area (Å²) in [5.74, 6) is -5.48. The summed E-state index contributed by atoms with van der Waals surface area (Å²) in [5, 5.41) is 20.7. The molecule has 0 aromatic carbocycles. The van der Waals surface area contributed by atoms with E-state index in [0.717, 1.165) is 43.9 Å². The number of nitrogens with one attached hydrogen (secondary N) is 1. The van der Waals surface area contributed by atoms with E-state index in [1.807, 2.05) is 11.6 Å². The summed E-state index contributed by atoms with van der Waals surface area (Å²) in [6, 6.07) is 0.162. The zero-order chi connectivity index (χ0) is 28.6. The van der Waals surface area contributed by atoms with Gasteiger partial charge in [0, 0.05) is 24.5 Å². The maximum Gasteiger partial charge on any atom is 0.490 e. The van der Waals surface area contributed by atoms with Gasteiger partial charge >= 0.3 is 24.3 Å². The molecule has 10 nitrogen and oxygen atoms in total. The molecule has 4 heterocycles. The number of ether oxygens (including phenoxy) is 1. The largest absolute Gasteiger partial charge is 0.490 e. The first-order valence-electron chi connectivity index (χ1n) is 10.7. The third-order valence-corrected chi connectivity index (χ3v) is 5.87. The van der Waals surface area contributed by atoms with Crippen LogP contribution in [0.1, 0.15) is 24.3 Å². The number of carboxylic acid groups (broad SMARTS) is 2. The minimum atomic E-state index is -5.08. The number of anilines is 1. The Labute approximate surface area is 214 Å². The summed E-state index contributed by atoms with van der Waals surface area (Å²) in [4.78, 5) is 32.5. The van der Waals surface area contributed by atoms with Crippen LogP contribution in [0, 0.1) is 5.82 Å². The van der Waals surface area contributed by atoms with Crippen molar-refractivity contribution in [3.8, 4) is 0 Å². The van der Waals surface area contributed by atoms with E-state index in [1.165, 1.54) is 12.4 Å². The second-order valence-electron chi connectivity index (χ2n) is 8.11. The van der Waals surface area contributed by atoms with Gasteiger partial charge in [0.2, 0.25) is 5.95 Å². The number of hydrogen-bond donors (Lipinski definition) is 3. The molecule has 2 aromatic heterocycles. The second kappa shape index (κ2) is 13.1. The number of carboxylic acids is 2. The molecule has 2 fully saturated rings. The molecule has 0 radical (unpaired) electrons. The van der Waals surface area contributed by atoms with E-state index in [-0.39, 0.29) is 11.6 Å². The van der Waals surface area contributed by atoms with Gasteiger partial charge in [-0.3, -0.25) is 4.90 Å². The molecule has 0 amide bonds. The molecule has 38 heavy (non-hydrogen) atoms. The number of carbonyl (C=O) groups is 2. The molecule has 1 spiro atoms. The Bertz CT molecular complexity index is 1020. The Morgan fingerprint density at radius 1 is 1.11 bits per heavy atom. The molecule has 3 N–H and O–H groups in total. The predicted molar refractivity (Wildman–Crippen MR) is 117 cm³/mol. The molecular formula is C20H22F7N5O5S. The van der Waals surface area contributed by atoms with Gasteiger partial charge < -0.3 is 20.3 Å². The monoisotopic (exact) mass is 577 g/mol. The molecule has 2 unspecified atom stereocenters. The summed E-state index contributed by atoms with van der Waals surface area (Å²) in [7, 11) is 0. The van der Waals surface area contributed by atoms with Crippen molar-refractivity contribution in [2.24, 2.45) is 0 Å². The first-order valence-corrected chi connectivity index (χ1v) is 11.6. The Balaban J connectivity index is 0.000000301. The molecule has 2 aliphatic heterocycles. The molecule has 2 aromatic rings. The van der Waals surface area contributed by atoms with Crippen molar-refractivity contribution < 1.29 is 55.3 Å². The third kappa shape index (κ3) is 10.3. The third-order valence-electron chi connectivity index (χ3n) is 5.11. The molecule has 0 saturated carbocycles. The highest BCUT2D eigenvalue weighted by Gasteiger charge is 2.43. The van der Waals surface area contributed by atoms with Crippen molar-refractivity contribution in [1.82, 2.24) is 19.9 Å². The predicted octanol–water partition coefficient (Wildman–Crippen LogP) is 3.57. The van der Waals surface area contributed by atoms with Gasteiger partial charge in [-0.25, -0.2) is 28.9 Å². The van der Waals surface area contributed by atoms with E-state index >= 15 is 0 Å². The fraction of sp³-hybridized carbons (Fsp3) is 0.550. The lowest BCUT2D eigenvalue weighted by atomic mass is 9.88. The molecule has 0 bridgehead atoms. The molecule has 4 rings (SSSR count). The average Bonchev–Trinajstić information content (AvgIpc) is 3.45. The fourth-order valence-corrected chi connectivity index (χ4v) is 4.30. The first-order chi connectivity index (χ1) is 17.6. The van der Waals surface area contributed by atoms with E-state index in [0.29, 0.717) is 12.6 Å². The number of likely N-dealkylation sites (tertiary alicyclic amines) is 1. The van der Waals surface area contributed by atoms with Gasteiger partial charge in [0.25, 0.3) is 0 Å². The van der Waals surface area contributed by atoms with Crippen molar-refractivity contribution in [2.75, 3.05) is 25.0 Å². The van der Waals surface area contributed by atoms with Gasteiger partial charge in [-0.2, -0.15) is 26.3 Å². The lowest BCUT2D eigenvalue weighted by Gasteiger charge is -2.39. The Kier molecular flexibility index (Phi) is 10.7. The Morgan fingerprint density at radius 3 is 2.18 bits per heavy atom. The van der Waals surface area contributed by atoms with Crippen LogP contribution in [0.25, 0.3) is 0 Å². The van der Waals surface area contributed by atoms with E-state index in [1.54, 1.807) is 11.3 Å². The number of thiazole rings is 1. The van der Waals surface area contributed by atoms with Crippen LogP contribution in [0.2, 0.25) is 0 Å². The second-order valence-corrected chi connectivity index (χ2v) is 9.09. The number of hydrogen-bond acceptors (Lipinski definition) is 9. The number of aromatic nitrogens is 3. The number of aliphatic carboxylic acids is 2. The molecule has 18 heteroatoms. The molecule has 2 aliphatic rings. The lowest BCUT2D eigenvalue weighted by molar-refractivity contribution is -0.193. The zero-order valence-corrected chi connectivity index (χ0v) is 20.1. The summed E-state index contributed by atoms with van der Waals surface area (Å²) >= 11 is 1.70. The van der Waals surface area contributed by atoms with Crippen molar-refractivity contribution >= 4 is 29.2 Å². The summed E-state index contributed by atoms with van der Waals surface area (Å²) in [6.07, 6.45) is -2.83. The van der Waals surface area contributed by atoms with Crippen LogP contribution < -0.4 is 5.32 Å². The Morgan fingerprint density at radius 2 is 1.68 bits per heavy atom. The lowest BCUT2D eigenvalue weighted by Crippen LogP contribution is -2.47. The summed E-state index contributed by atoms with van der Waals surface area (Å²) < 4.78 is 82.6. The van der Waals surface area contributed by atoms with Gasteiger partial charge in [0.05, 0.1) is 37.2 Å². The van der Waals surface area contributed by atoms with Crippen LogP contribution in [0.15, 0.2) is 24.0 Å². The molecule has 2 atom stereocenters. The van der Waals surface area contributed by atoms with Crippen LogP contribution in [0.3, 0.4) is 0 Å². The van der Waals surface area contributed by atoms with Crippen molar-refractivity contribution in [3.05, 3.63) is 34.8 Å². The highest BCUT2D eigenvalue weighted by molar-refractivity contribution is 7.09. The molecule has 2 saturated heterocycles. The van der Waals surface area contributed by atoms with E-state index in [2.05, 4.69) is 25.2 Å². The van der Waals surface area contributed by atoms with Gasteiger partial charge in [0.1, 0.15) is 5.01 Å². The standard InChI is InChI=1S/C16H20FN5OS.2C2HF3O2/c17-12-7-19-15(20-8-12)21-13-6-16(23-10-13)2-1-4-22(11-16)9-14-18-3-5-24-14;2*3-2(4,5)1(6)7/h3,5,7-8,13H,1-2,4,6,9-11H2,(H,19,20,21);2*(H,6,7). The van der Waals surface area contributed by atoms with Crippen LogP contribution >= 0.6 is 11.3 Å². The maximum atomic E-state index is 12.9. The number of piperidine rings is 1. The van der Waals surface area contributed by atoms with Crippen LogP contribution in [0.5, 0.6) is 0 Å². The quantitative estimate of drug-likeness (QED) is 0.463. The topological polar surface area (TPSA) is 138 Å². The minimum Gasteiger partial charge on any atom is -0.475 e. The summed E-state index contributed by atoms with van der Waals surface area (Å²) in [5.41, 5.74) is -0.104. The van der Waals surface area contributed by atoms with Gasteiger partial charge in [-0.05, 0) is 19.4 Å². The van der Waals surface area contributed by atoms with Gasteiger partial charge in [-0.1, -0.05) is 0 Å². The number of rotatable bonds is 4. The SMILES string of the molecule is Fc1cnc(NC2COC3(CCCN(Cc4nccs4)C3)C2)nc1.O=C(O)C(F)(F)F.O=C(O)C(F)(F)F. The van der Waals surface area contributed by atoms with Gasteiger partial charge in [-0.15, -0.1) is 11.3 Å². The van der Waals surface area contributed by atoms with Crippen molar-refractivity contribution in [2.45, 2.75) is 49.8 Å². The first kappa shape index (κ1) is 31.1. The van der Waals surface area contributed by atoms with E-state index < -0.39 is 30.1 Å². The molecular weight excluding hydrogens is 555 g/mol. The summed E-state index contributed by atoms with van der Waals surface area (Å²) in [6.45, 7) is 3.53. The smallest absolute Gasteiger partial charge is 0.475 e. The minimum absolute atomic E-state index is 0.104. The van der Waals surface area contributed by atoms with Crippen LogP contribution in [-0.2, 0) is 20.9 Å². The maximum absolute atomic E-state index is 12.9. The number of halogens is 7. The van der Waals surface area contributed by atoms with Gasteiger partial charge in [0.15, 0.2) is 5.82 Å². The number of nitrogens with zero attached hydrogens (tertiary/aromatic N) is 4. The van der Waals surface area contributed by atoms with Crippen LogP contribution in [-0.4, -0.2) is 85.7 Å². The van der Waals surface area contributed by atoms with Crippen molar-refractivity contribution in [3.63, 3.8) is 0 Å². The zero-order valence-electron chi connectivity index (χ0n) is 19.3. The Hall–Kier alpha value is -3.12. The van der Waals surface area contributed by atoms with E-state index in [4.69, 9.17) is 24.5 Å². The van der Waals surface area contributed by atoms with E-state index in [9.17, 15) is 30.7 Å². The fourth-order valence-electron chi connectivity index (χ4n) is 3.64. The molecule has 0 aliphatic carbocycles.